The number of nitrogens with one attached hydrogen (secondary N) is 1. The van der Waals surface area contributed by atoms with Gasteiger partial charge in [0.2, 0.25) is 0 Å². The minimum atomic E-state index is -0.301. The molecule has 0 fully saturated rings. The van der Waals surface area contributed by atoms with Crippen LogP contribution in [0.25, 0.3) is 28.0 Å². The molecule has 5 heteroatoms. The van der Waals surface area contributed by atoms with E-state index in [1.807, 2.05) is 18.3 Å². The molecule has 33 heavy (non-hydrogen) atoms. The van der Waals surface area contributed by atoms with Crippen molar-refractivity contribution in [2.24, 2.45) is 0 Å². The molecule has 0 saturated heterocycles. The van der Waals surface area contributed by atoms with Crippen LogP contribution in [0.3, 0.4) is 0 Å². The lowest BCUT2D eigenvalue weighted by Gasteiger charge is -2.18. The van der Waals surface area contributed by atoms with Crippen LogP contribution in [0.1, 0.15) is 35.7 Å². The molecule has 0 saturated carbocycles. The number of hydrogen-bond donors (Lipinski definition) is 1. The van der Waals surface area contributed by atoms with Crippen LogP contribution in [-0.4, -0.2) is 44.7 Å². The van der Waals surface area contributed by atoms with Crippen molar-refractivity contribution in [3.05, 3.63) is 78.0 Å². The monoisotopic (exact) mass is 441 g/mol. The molecule has 0 spiro atoms. The van der Waals surface area contributed by atoms with Crippen LogP contribution in [0.5, 0.6) is 0 Å². The number of benzene rings is 2. The highest BCUT2D eigenvalue weighted by molar-refractivity contribution is 5.96. The predicted molar refractivity (Wildman–Crippen MR) is 135 cm³/mol. The topological polar surface area (TPSA) is 54.5 Å². The highest BCUT2D eigenvalue weighted by Crippen LogP contribution is 2.31. The molecule has 0 aliphatic carbocycles. The Labute approximate surface area is 196 Å². The van der Waals surface area contributed by atoms with Crippen molar-refractivity contribution in [3.63, 3.8) is 0 Å². The van der Waals surface area contributed by atoms with Crippen molar-refractivity contribution < 1.29 is 9.53 Å². The second-order valence-corrected chi connectivity index (χ2v) is 8.34. The summed E-state index contributed by atoms with van der Waals surface area (Å²) in [4.78, 5) is 19.2. The molecule has 0 atom stereocenters. The number of anilines is 1. The summed E-state index contributed by atoms with van der Waals surface area (Å²) < 4.78 is 5.02. The zero-order valence-corrected chi connectivity index (χ0v) is 19.6. The molecule has 170 valence electrons. The van der Waals surface area contributed by atoms with E-state index in [4.69, 9.17) is 4.74 Å². The zero-order valence-electron chi connectivity index (χ0n) is 19.6. The standard InChI is InChI=1S/C28H31N3O2/c1-4-17-31(2)24-10-12-27(30-19-24)22-7-5-20(6-8-22)23-9-11-25(28(32)33-3)26(18-23)21-13-15-29-16-14-21/h5-13,18-19,29H,4,14-17H2,1-3H3. The molecular weight excluding hydrogens is 410 g/mol. The van der Waals surface area contributed by atoms with E-state index in [1.54, 1.807) is 0 Å². The fraction of sp³-hybridized carbons (Fsp3) is 0.286. The Hall–Kier alpha value is -3.44. The molecule has 0 unspecified atom stereocenters. The number of nitrogens with zero attached hydrogens (tertiary/aromatic N) is 2. The Kier molecular flexibility index (Phi) is 7.20. The minimum Gasteiger partial charge on any atom is -0.465 e. The van der Waals surface area contributed by atoms with Gasteiger partial charge in [-0.05, 0) is 65.9 Å². The lowest BCUT2D eigenvalue weighted by atomic mass is 9.91. The van der Waals surface area contributed by atoms with Crippen LogP contribution < -0.4 is 10.2 Å². The molecule has 0 radical (unpaired) electrons. The van der Waals surface area contributed by atoms with Gasteiger partial charge >= 0.3 is 5.97 Å². The largest absolute Gasteiger partial charge is 0.465 e. The average molecular weight is 442 g/mol. The Balaban J connectivity index is 1.61. The highest BCUT2D eigenvalue weighted by Gasteiger charge is 2.17. The molecule has 2 heterocycles. The summed E-state index contributed by atoms with van der Waals surface area (Å²) >= 11 is 0. The van der Waals surface area contributed by atoms with Gasteiger partial charge in [0.25, 0.3) is 0 Å². The first-order valence-electron chi connectivity index (χ1n) is 11.5. The first kappa shape index (κ1) is 22.7. The van der Waals surface area contributed by atoms with E-state index in [0.717, 1.165) is 66.1 Å². The van der Waals surface area contributed by atoms with E-state index in [-0.39, 0.29) is 5.97 Å². The van der Waals surface area contributed by atoms with E-state index >= 15 is 0 Å². The van der Waals surface area contributed by atoms with Crippen LogP contribution in [0.4, 0.5) is 5.69 Å². The molecule has 0 amide bonds. The molecule has 1 aliphatic rings. The van der Waals surface area contributed by atoms with Crippen LogP contribution >= 0.6 is 0 Å². The molecule has 1 aromatic heterocycles. The van der Waals surface area contributed by atoms with Crippen LogP contribution in [0.15, 0.2) is 66.9 Å². The first-order chi connectivity index (χ1) is 16.1. The van der Waals surface area contributed by atoms with Crippen molar-refractivity contribution in [3.8, 4) is 22.4 Å². The number of esters is 1. The number of hydrogen-bond acceptors (Lipinski definition) is 5. The van der Waals surface area contributed by atoms with Crippen LogP contribution in [0.2, 0.25) is 0 Å². The Morgan fingerprint density at radius 1 is 1.06 bits per heavy atom. The highest BCUT2D eigenvalue weighted by atomic mass is 16.5. The van der Waals surface area contributed by atoms with Gasteiger partial charge < -0.3 is 15.0 Å². The molecule has 5 nitrogen and oxygen atoms in total. The molecule has 0 bridgehead atoms. The fourth-order valence-corrected chi connectivity index (χ4v) is 4.23. The Morgan fingerprint density at radius 2 is 1.82 bits per heavy atom. The van der Waals surface area contributed by atoms with Crippen LogP contribution in [0, 0.1) is 0 Å². The van der Waals surface area contributed by atoms with Crippen molar-refractivity contribution in [1.82, 2.24) is 10.3 Å². The van der Waals surface area contributed by atoms with E-state index in [0.29, 0.717) is 5.56 Å². The van der Waals surface area contributed by atoms with Gasteiger partial charge in [-0.25, -0.2) is 4.79 Å². The third-order valence-corrected chi connectivity index (χ3v) is 6.10. The number of aromatic nitrogens is 1. The van der Waals surface area contributed by atoms with Gasteiger partial charge in [0.05, 0.1) is 30.3 Å². The normalized spacial score (nSPS) is 13.4. The van der Waals surface area contributed by atoms with E-state index < -0.39 is 0 Å². The minimum absolute atomic E-state index is 0.301. The van der Waals surface area contributed by atoms with Gasteiger partial charge in [-0.1, -0.05) is 43.3 Å². The summed E-state index contributed by atoms with van der Waals surface area (Å²) in [5.74, 6) is -0.301. The summed E-state index contributed by atoms with van der Waals surface area (Å²) in [5, 5.41) is 3.33. The first-order valence-corrected chi connectivity index (χ1v) is 11.5. The molecular formula is C28H31N3O2. The van der Waals surface area contributed by atoms with Crippen molar-refractivity contribution in [1.29, 1.82) is 0 Å². The number of rotatable bonds is 7. The lowest BCUT2D eigenvalue weighted by Crippen LogP contribution is -2.20. The quantitative estimate of drug-likeness (QED) is 0.496. The van der Waals surface area contributed by atoms with Crippen LogP contribution in [-0.2, 0) is 4.74 Å². The summed E-state index contributed by atoms with van der Waals surface area (Å²) in [6, 6.07) is 18.6. The molecule has 3 aromatic rings. The maximum absolute atomic E-state index is 12.4. The summed E-state index contributed by atoms with van der Waals surface area (Å²) in [7, 11) is 3.52. The maximum Gasteiger partial charge on any atom is 0.338 e. The van der Waals surface area contributed by atoms with Gasteiger partial charge in [-0.2, -0.15) is 0 Å². The third kappa shape index (κ3) is 5.15. The van der Waals surface area contributed by atoms with Gasteiger partial charge in [-0.15, -0.1) is 0 Å². The Bertz CT molecular complexity index is 1130. The second-order valence-electron chi connectivity index (χ2n) is 8.34. The summed E-state index contributed by atoms with van der Waals surface area (Å²) in [6.07, 6.45) is 6.09. The van der Waals surface area contributed by atoms with Gasteiger partial charge in [0.1, 0.15) is 0 Å². The summed E-state index contributed by atoms with van der Waals surface area (Å²) in [5.41, 5.74) is 8.10. The van der Waals surface area contributed by atoms with Gasteiger partial charge in [-0.3, -0.25) is 4.98 Å². The SMILES string of the molecule is CCCN(C)c1ccc(-c2ccc(-c3ccc(C(=O)OC)c(C4=CCNCC4)c3)cc2)nc1. The predicted octanol–water partition coefficient (Wildman–Crippen LogP) is 5.43. The third-order valence-electron chi connectivity index (χ3n) is 6.10. The number of methoxy groups -OCH3 is 1. The molecule has 4 rings (SSSR count). The van der Waals surface area contributed by atoms with Crippen molar-refractivity contribution in [2.45, 2.75) is 19.8 Å². The molecule has 1 aliphatic heterocycles. The lowest BCUT2D eigenvalue weighted by molar-refractivity contribution is 0.0600. The number of pyridine rings is 1. The van der Waals surface area contributed by atoms with Gasteiger partial charge in [0, 0.05) is 25.7 Å². The molecule has 1 N–H and O–H groups in total. The van der Waals surface area contributed by atoms with E-state index in [9.17, 15) is 4.79 Å². The molecule has 2 aromatic carbocycles. The fourth-order valence-electron chi connectivity index (χ4n) is 4.23. The van der Waals surface area contributed by atoms with Crippen molar-refractivity contribution >= 4 is 17.2 Å². The Morgan fingerprint density at radius 3 is 2.45 bits per heavy atom. The van der Waals surface area contributed by atoms with E-state index in [1.165, 1.54) is 12.7 Å². The maximum atomic E-state index is 12.4. The summed E-state index contributed by atoms with van der Waals surface area (Å²) in [6.45, 7) is 4.91. The number of carbonyl (C=O) groups excluding carboxylic acids is 1. The average Bonchev–Trinajstić information content (AvgIpc) is 2.89. The second kappa shape index (κ2) is 10.5. The number of carbonyl (C=O) groups is 1. The van der Waals surface area contributed by atoms with Crippen molar-refractivity contribution in [2.75, 3.05) is 38.7 Å². The van der Waals surface area contributed by atoms with Gasteiger partial charge in [0.15, 0.2) is 0 Å². The zero-order chi connectivity index (χ0) is 23.2. The smallest absolute Gasteiger partial charge is 0.338 e. The van der Waals surface area contributed by atoms with E-state index in [2.05, 4.69) is 77.7 Å². The number of ether oxygens (including phenoxy) is 1.